The Morgan fingerprint density at radius 1 is 1.21 bits per heavy atom. The molecule has 0 N–H and O–H groups in total. The maximum Gasteiger partial charge on any atom is 0.130 e. The average Bonchev–Trinajstić information content (AvgIpc) is 3.15. The van der Waals surface area contributed by atoms with Gasteiger partial charge in [0.05, 0.1) is 5.69 Å². The molecule has 1 saturated heterocycles. The molecular formula is C14H23BrN4. The van der Waals surface area contributed by atoms with E-state index < -0.39 is 0 Å². The molecule has 1 aromatic rings. The van der Waals surface area contributed by atoms with Crippen LogP contribution in [-0.2, 0) is 12.4 Å². The van der Waals surface area contributed by atoms with Gasteiger partial charge in [-0.15, -0.1) is 0 Å². The van der Waals surface area contributed by atoms with E-state index in [0.29, 0.717) is 0 Å². The number of anilines is 1. The number of nitrogens with zero attached hydrogens (tertiary/aromatic N) is 4. The minimum atomic E-state index is 0.893. The van der Waals surface area contributed by atoms with Crippen molar-refractivity contribution in [2.75, 3.05) is 37.6 Å². The van der Waals surface area contributed by atoms with Gasteiger partial charge >= 0.3 is 0 Å². The summed E-state index contributed by atoms with van der Waals surface area (Å²) < 4.78 is 2.04. The first-order valence-electron chi connectivity index (χ1n) is 7.24. The van der Waals surface area contributed by atoms with E-state index in [1.54, 1.807) is 0 Å². The molecule has 1 saturated carbocycles. The van der Waals surface area contributed by atoms with Crippen LogP contribution in [0.25, 0.3) is 0 Å². The molecule has 19 heavy (non-hydrogen) atoms. The van der Waals surface area contributed by atoms with Crippen molar-refractivity contribution in [2.24, 2.45) is 13.0 Å². The third kappa shape index (κ3) is 2.82. The summed E-state index contributed by atoms with van der Waals surface area (Å²) in [5, 5.41) is 5.46. The van der Waals surface area contributed by atoms with Crippen LogP contribution in [0.2, 0.25) is 0 Å². The zero-order chi connectivity index (χ0) is 13.4. The SMILES string of the molecule is Cc1nn(C)c(N2CCN(CC3CC3)CC2)c1CBr. The highest BCUT2D eigenvalue weighted by Crippen LogP contribution is 2.31. The highest BCUT2D eigenvalue weighted by molar-refractivity contribution is 9.08. The predicted molar refractivity (Wildman–Crippen MR) is 82.0 cm³/mol. The van der Waals surface area contributed by atoms with Crippen molar-refractivity contribution >= 4 is 21.7 Å². The molecule has 2 fully saturated rings. The van der Waals surface area contributed by atoms with Crippen LogP contribution in [0, 0.1) is 12.8 Å². The standard InChI is InChI=1S/C14H23BrN4/c1-11-13(9-15)14(17(2)16-11)19-7-5-18(6-8-19)10-12-3-4-12/h12H,3-10H2,1-2H3. The molecule has 0 unspecified atom stereocenters. The van der Waals surface area contributed by atoms with Crippen LogP contribution >= 0.6 is 15.9 Å². The Morgan fingerprint density at radius 3 is 2.47 bits per heavy atom. The van der Waals surface area contributed by atoms with Gasteiger partial charge in [0.2, 0.25) is 0 Å². The van der Waals surface area contributed by atoms with Gasteiger partial charge in [-0.25, -0.2) is 0 Å². The van der Waals surface area contributed by atoms with Crippen molar-refractivity contribution in [2.45, 2.75) is 25.1 Å². The third-order valence-corrected chi connectivity index (χ3v) is 4.89. The maximum absolute atomic E-state index is 4.57. The second kappa shape index (κ2) is 5.44. The van der Waals surface area contributed by atoms with E-state index >= 15 is 0 Å². The third-order valence-electron chi connectivity index (χ3n) is 4.33. The van der Waals surface area contributed by atoms with Crippen LogP contribution in [-0.4, -0.2) is 47.4 Å². The van der Waals surface area contributed by atoms with E-state index in [1.165, 1.54) is 43.9 Å². The van der Waals surface area contributed by atoms with Crippen molar-refractivity contribution < 1.29 is 0 Å². The van der Waals surface area contributed by atoms with Crippen LogP contribution < -0.4 is 4.90 Å². The number of piperazine rings is 1. The Labute approximate surface area is 123 Å². The zero-order valence-corrected chi connectivity index (χ0v) is 13.5. The molecule has 0 amide bonds. The smallest absolute Gasteiger partial charge is 0.130 e. The van der Waals surface area contributed by atoms with Crippen LogP contribution in [0.4, 0.5) is 5.82 Å². The van der Waals surface area contributed by atoms with Crippen LogP contribution in [0.15, 0.2) is 0 Å². The number of hydrogen-bond donors (Lipinski definition) is 0. The summed E-state index contributed by atoms with van der Waals surface area (Å²) in [5.41, 5.74) is 2.49. The molecule has 0 radical (unpaired) electrons. The van der Waals surface area contributed by atoms with Gasteiger partial charge in [0.25, 0.3) is 0 Å². The molecule has 0 spiro atoms. The Morgan fingerprint density at radius 2 is 1.89 bits per heavy atom. The molecule has 2 heterocycles. The molecule has 0 bridgehead atoms. The van der Waals surface area contributed by atoms with Crippen molar-refractivity contribution in [3.05, 3.63) is 11.3 Å². The lowest BCUT2D eigenvalue weighted by Gasteiger charge is -2.36. The summed E-state index contributed by atoms with van der Waals surface area (Å²) in [6.45, 7) is 8.08. The second-order valence-electron chi connectivity index (χ2n) is 5.88. The Balaban J connectivity index is 1.67. The van der Waals surface area contributed by atoms with Crippen molar-refractivity contribution in [1.29, 1.82) is 0 Å². The summed E-state index contributed by atoms with van der Waals surface area (Å²) >= 11 is 3.60. The minimum absolute atomic E-state index is 0.893. The molecule has 3 rings (SSSR count). The van der Waals surface area contributed by atoms with E-state index in [1.807, 2.05) is 4.68 Å². The normalized spacial score (nSPS) is 21.1. The first kappa shape index (κ1) is 13.4. The lowest BCUT2D eigenvalue weighted by Crippen LogP contribution is -2.47. The van der Waals surface area contributed by atoms with Crippen LogP contribution in [0.5, 0.6) is 0 Å². The fourth-order valence-electron chi connectivity index (χ4n) is 3.05. The maximum atomic E-state index is 4.57. The van der Waals surface area contributed by atoms with Crippen LogP contribution in [0.1, 0.15) is 24.1 Å². The predicted octanol–water partition coefficient (Wildman–Crippen LogP) is 2.16. The van der Waals surface area contributed by atoms with Gasteiger partial charge in [-0.05, 0) is 25.7 Å². The first-order valence-corrected chi connectivity index (χ1v) is 8.37. The average molecular weight is 327 g/mol. The molecule has 106 valence electrons. The monoisotopic (exact) mass is 326 g/mol. The molecule has 2 aliphatic rings. The van der Waals surface area contributed by atoms with E-state index in [4.69, 9.17) is 0 Å². The molecule has 0 atom stereocenters. The van der Waals surface area contributed by atoms with Gasteiger partial charge < -0.3 is 4.90 Å². The summed E-state index contributed by atoms with van der Waals surface area (Å²) in [7, 11) is 2.06. The van der Waals surface area contributed by atoms with Crippen LogP contribution in [0.3, 0.4) is 0 Å². The largest absolute Gasteiger partial charge is 0.354 e. The highest BCUT2D eigenvalue weighted by Gasteiger charge is 2.28. The van der Waals surface area contributed by atoms with Gasteiger partial charge in [0.15, 0.2) is 0 Å². The molecule has 1 aliphatic carbocycles. The highest BCUT2D eigenvalue weighted by atomic mass is 79.9. The van der Waals surface area contributed by atoms with Gasteiger partial charge in [0, 0.05) is 50.7 Å². The van der Waals surface area contributed by atoms with Gasteiger partial charge in [-0.2, -0.15) is 5.10 Å². The van der Waals surface area contributed by atoms with E-state index in [9.17, 15) is 0 Å². The zero-order valence-electron chi connectivity index (χ0n) is 11.9. The summed E-state index contributed by atoms with van der Waals surface area (Å²) in [5.74, 6) is 2.31. The molecule has 0 aromatic carbocycles. The Kier molecular flexibility index (Phi) is 3.85. The summed E-state index contributed by atoms with van der Waals surface area (Å²) in [6, 6.07) is 0. The lowest BCUT2D eigenvalue weighted by atomic mass is 10.2. The lowest BCUT2D eigenvalue weighted by molar-refractivity contribution is 0.247. The van der Waals surface area contributed by atoms with E-state index in [-0.39, 0.29) is 0 Å². The van der Waals surface area contributed by atoms with E-state index in [0.717, 1.165) is 30.0 Å². The number of hydrogen-bond acceptors (Lipinski definition) is 3. The summed E-state index contributed by atoms with van der Waals surface area (Å²) in [6.07, 6.45) is 2.91. The number of halogens is 1. The number of alkyl halides is 1. The molecule has 4 nitrogen and oxygen atoms in total. The van der Waals surface area contributed by atoms with Crippen molar-refractivity contribution in [3.63, 3.8) is 0 Å². The molecule has 1 aliphatic heterocycles. The number of aromatic nitrogens is 2. The quantitative estimate of drug-likeness (QED) is 0.792. The van der Waals surface area contributed by atoms with Gasteiger partial charge in [0.1, 0.15) is 5.82 Å². The second-order valence-corrected chi connectivity index (χ2v) is 6.44. The Bertz CT molecular complexity index is 445. The molecule has 5 heteroatoms. The summed E-state index contributed by atoms with van der Waals surface area (Å²) in [4.78, 5) is 5.13. The molecular weight excluding hydrogens is 304 g/mol. The van der Waals surface area contributed by atoms with Gasteiger partial charge in [-0.3, -0.25) is 9.58 Å². The topological polar surface area (TPSA) is 24.3 Å². The number of rotatable bonds is 4. The minimum Gasteiger partial charge on any atom is -0.354 e. The number of aryl methyl sites for hydroxylation is 2. The van der Waals surface area contributed by atoms with Crippen molar-refractivity contribution in [1.82, 2.24) is 14.7 Å². The first-order chi connectivity index (χ1) is 9.19. The fraction of sp³-hybridized carbons (Fsp3) is 0.786. The van der Waals surface area contributed by atoms with E-state index in [2.05, 4.69) is 44.8 Å². The molecule has 1 aromatic heterocycles. The fourth-order valence-corrected chi connectivity index (χ4v) is 3.71. The Hall–Kier alpha value is -0.550. The van der Waals surface area contributed by atoms with Crippen molar-refractivity contribution in [3.8, 4) is 0 Å². The van der Waals surface area contributed by atoms with Gasteiger partial charge in [-0.1, -0.05) is 15.9 Å².